The van der Waals surface area contributed by atoms with E-state index in [4.69, 9.17) is 9.84 Å². The van der Waals surface area contributed by atoms with E-state index in [0.29, 0.717) is 11.4 Å². The van der Waals surface area contributed by atoms with Crippen LogP contribution in [0.1, 0.15) is 13.8 Å². The Kier molecular flexibility index (Phi) is 5.17. The summed E-state index contributed by atoms with van der Waals surface area (Å²) < 4.78 is 30.9. The molecule has 0 saturated carbocycles. The molecular formula is C12H17NO5S. The summed E-state index contributed by atoms with van der Waals surface area (Å²) in [5.41, 5.74) is 0.350. The third-order valence-electron chi connectivity index (χ3n) is 2.02. The number of nitrogens with one attached hydrogen (secondary N) is 1. The third-order valence-corrected chi connectivity index (χ3v) is 3.67. The van der Waals surface area contributed by atoms with Crippen molar-refractivity contribution >= 4 is 21.7 Å². The van der Waals surface area contributed by atoms with Gasteiger partial charge in [-0.25, -0.2) is 13.2 Å². The number of hydrogen-bond donors (Lipinski definition) is 2. The molecule has 0 amide bonds. The first-order chi connectivity index (χ1) is 8.78. The lowest BCUT2D eigenvalue weighted by Crippen LogP contribution is -2.20. The van der Waals surface area contributed by atoms with Crippen LogP contribution in [0.2, 0.25) is 0 Å². The van der Waals surface area contributed by atoms with Crippen LogP contribution < -0.4 is 9.46 Å². The van der Waals surface area contributed by atoms with Gasteiger partial charge in [0.15, 0.2) is 6.61 Å². The maximum atomic E-state index is 11.7. The van der Waals surface area contributed by atoms with Crippen molar-refractivity contribution in [3.05, 3.63) is 24.3 Å². The molecular weight excluding hydrogens is 270 g/mol. The summed E-state index contributed by atoms with van der Waals surface area (Å²) in [6, 6.07) is 6.17. The number of benzene rings is 1. The SMILES string of the molecule is CC(C)CS(=O)(=O)Nc1cccc(OCC(=O)O)c1. The highest BCUT2D eigenvalue weighted by molar-refractivity contribution is 7.92. The smallest absolute Gasteiger partial charge is 0.341 e. The van der Waals surface area contributed by atoms with E-state index in [1.165, 1.54) is 6.07 Å². The van der Waals surface area contributed by atoms with Gasteiger partial charge < -0.3 is 9.84 Å². The van der Waals surface area contributed by atoms with Crippen molar-refractivity contribution in [3.63, 3.8) is 0 Å². The van der Waals surface area contributed by atoms with Gasteiger partial charge in [-0.3, -0.25) is 4.72 Å². The molecule has 1 rings (SSSR count). The van der Waals surface area contributed by atoms with E-state index >= 15 is 0 Å². The number of hydrogen-bond acceptors (Lipinski definition) is 4. The zero-order valence-corrected chi connectivity index (χ0v) is 11.6. The molecule has 19 heavy (non-hydrogen) atoms. The minimum atomic E-state index is -3.40. The molecule has 6 nitrogen and oxygen atoms in total. The van der Waals surface area contributed by atoms with E-state index in [1.54, 1.807) is 18.2 Å². The number of carbonyl (C=O) groups is 1. The van der Waals surface area contributed by atoms with Gasteiger partial charge in [0, 0.05) is 6.07 Å². The largest absolute Gasteiger partial charge is 0.482 e. The molecule has 0 heterocycles. The molecule has 0 aliphatic carbocycles. The number of sulfonamides is 1. The van der Waals surface area contributed by atoms with Crippen LogP contribution in [-0.2, 0) is 14.8 Å². The van der Waals surface area contributed by atoms with Crippen LogP contribution in [0.15, 0.2) is 24.3 Å². The molecule has 0 saturated heterocycles. The molecule has 1 aromatic rings. The molecule has 0 spiro atoms. The fourth-order valence-electron chi connectivity index (χ4n) is 1.45. The van der Waals surface area contributed by atoms with E-state index in [9.17, 15) is 13.2 Å². The second-order valence-electron chi connectivity index (χ2n) is 4.49. The Hall–Kier alpha value is -1.76. The quantitative estimate of drug-likeness (QED) is 0.793. The first-order valence-corrected chi connectivity index (χ1v) is 7.39. The Morgan fingerprint density at radius 1 is 1.42 bits per heavy atom. The number of anilines is 1. The summed E-state index contributed by atoms with van der Waals surface area (Å²) in [5.74, 6) is -0.755. The molecule has 0 aliphatic rings. The molecule has 7 heteroatoms. The van der Waals surface area contributed by atoms with Gasteiger partial charge in [0.05, 0.1) is 11.4 Å². The highest BCUT2D eigenvalue weighted by Gasteiger charge is 2.13. The van der Waals surface area contributed by atoms with Crippen molar-refractivity contribution < 1.29 is 23.1 Å². The summed E-state index contributed by atoms with van der Waals surface area (Å²) in [7, 11) is -3.40. The maximum absolute atomic E-state index is 11.7. The Labute approximate surface area is 112 Å². The van der Waals surface area contributed by atoms with Crippen molar-refractivity contribution in [1.82, 2.24) is 0 Å². The molecule has 0 radical (unpaired) electrons. The molecule has 0 aliphatic heterocycles. The zero-order valence-electron chi connectivity index (χ0n) is 10.8. The van der Waals surface area contributed by atoms with Crippen LogP contribution in [-0.4, -0.2) is 31.9 Å². The van der Waals surface area contributed by atoms with Gasteiger partial charge in [-0.2, -0.15) is 0 Å². The number of carboxylic acids is 1. The molecule has 0 fully saturated rings. The van der Waals surface area contributed by atoms with Crippen molar-refractivity contribution in [2.24, 2.45) is 5.92 Å². The summed E-state index contributed by atoms with van der Waals surface area (Å²) >= 11 is 0. The lowest BCUT2D eigenvalue weighted by molar-refractivity contribution is -0.139. The van der Waals surface area contributed by atoms with Crippen LogP contribution in [0.4, 0.5) is 5.69 Å². The summed E-state index contributed by atoms with van der Waals surface area (Å²) in [6.07, 6.45) is 0. The van der Waals surface area contributed by atoms with E-state index in [1.807, 2.05) is 13.8 Å². The van der Waals surface area contributed by atoms with E-state index in [-0.39, 0.29) is 11.7 Å². The highest BCUT2D eigenvalue weighted by atomic mass is 32.2. The first-order valence-electron chi connectivity index (χ1n) is 5.73. The van der Waals surface area contributed by atoms with Crippen LogP contribution in [0.3, 0.4) is 0 Å². The second-order valence-corrected chi connectivity index (χ2v) is 6.25. The Morgan fingerprint density at radius 3 is 2.68 bits per heavy atom. The van der Waals surface area contributed by atoms with Crippen molar-refractivity contribution in [3.8, 4) is 5.75 Å². The lowest BCUT2D eigenvalue weighted by atomic mass is 10.3. The average Bonchev–Trinajstić information content (AvgIpc) is 2.24. The molecule has 2 N–H and O–H groups in total. The predicted octanol–water partition coefficient (Wildman–Crippen LogP) is 1.55. The minimum absolute atomic E-state index is 0.0175. The topological polar surface area (TPSA) is 92.7 Å². The molecule has 0 atom stereocenters. The molecule has 0 aromatic heterocycles. The summed E-state index contributed by atoms with van der Waals surface area (Å²) in [5, 5.41) is 8.49. The second kappa shape index (κ2) is 6.42. The number of aliphatic carboxylic acids is 1. The molecule has 106 valence electrons. The lowest BCUT2D eigenvalue weighted by Gasteiger charge is -2.11. The van der Waals surface area contributed by atoms with E-state index in [2.05, 4.69) is 4.72 Å². The third kappa shape index (κ3) is 6.10. The predicted molar refractivity (Wildman–Crippen MR) is 71.8 cm³/mol. The maximum Gasteiger partial charge on any atom is 0.341 e. The minimum Gasteiger partial charge on any atom is -0.482 e. The normalized spacial score (nSPS) is 11.3. The van der Waals surface area contributed by atoms with Gasteiger partial charge in [0.25, 0.3) is 0 Å². The Bertz CT molecular complexity index is 539. The monoisotopic (exact) mass is 287 g/mol. The van der Waals surface area contributed by atoms with E-state index in [0.717, 1.165) is 0 Å². The number of carboxylic acid groups (broad SMARTS) is 1. The van der Waals surface area contributed by atoms with Crippen LogP contribution in [0, 0.1) is 5.92 Å². The van der Waals surface area contributed by atoms with Gasteiger partial charge in [-0.05, 0) is 18.1 Å². The summed E-state index contributed by atoms with van der Waals surface area (Å²) in [4.78, 5) is 10.4. The fraction of sp³-hybridized carbons (Fsp3) is 0.417. The molecule has 0 unspecified atom stereocenters. The fourth-order valence-corrected chi connectivity index (χ4v) is 2.90. The van der Waals surface area contributed by atoms with Gasteiger partial charge in [0.2, 0.25) is 10.0 Å². The first kappa shape index (κ1) is 15.3. The molecule has 0 bridgehead atoms. The van der Waals surface area contributed by atoms with Gasteiger partial charge in [0.1, 0.15) is 5.75 Å². The van der Waals surface area contributed by atoms with Crippen molar-refractivity contribution in [2.45, 2.75) is 13.8 Å². The van der Waals surface area contributed by atoms with Crippen LogP contribution >= 0.6 is 0 Å². The van der Waals surface area contributed by atoms with Crippen molar-refractivity contribution in [2.75, 3.05) is 17.1 Å². The summed E-state index contributed by atoms with van der Waals surface area (Å²) in [6.45, 7) is 3.15. The van der Waals surface area contributed by atoms with Gasteiger partial charge in [-0.15, -0.1) is 0 Å². The Balaban J connectivity index is 2.74. The Morgan fingerprint density at radius 2 is 2.11 bits per heavy atom. The number of ether oxygens (including phenoxy) is 1. The standard InChI is InChI=1S/C12H17NO5S/c1-9(2)8-19(16,17)13-10-4-3-5-11(6-10)18-7-12(14)15/h3-6,9,13H,7-8H2,1-2H3,(H,14,15). The average molecular weight is 287 g/mol. The highest BCUT2D eigenvalue weighted by Crippen LogP contribution is 2.18. The molecule has 1 aromatic carbocycles. The van der Waals surface area contributed by atoms with Crippen LogP contribution in [0.25, 0.3) is 0 Å². The number of rotatable bonds is 7. The van der Waals surface area contributed by atoms with Gasteiger partial charge in [-0.1, -0.05) is 19.9 Å². The van der Waals surface area contributed by atoms with E-state index < -0.39 is 22.6 Å². The van der Waals surface area contributed by atoms with Gasteiger partial charge >= 0.3 is 5.97 Å². The van der Waals surface area contributed by atoms with Crippen LogP contribution in [0.5, 0.6) is 5.75 Å². The zero-order chi connectivity index (χ0) is 14.5. The van der Waals surface area contributed by atoms with Crippen molar-refractivity contribution in [1.29, 1.82) is 0 Å².